The smallest absolute Gasteiger partial charge is 0.238 e. The molecular formula is C18H32N2O6S. The van der Waals surface area contributed by atoms with E-state index in [1.54, 1.807) is 6.26 Å². The number of carbonyl (C=O) groups excluding carboxylic acids is 1. The van der Waals surface area contributed by atoms with E-state index in [4.69, 9.17) is 4.74 Å². The highest BCUT2D eigenvalue weighted by Gasteiger charge is 2.48. The van der Waals surface area contributed by atoms with Gasteiger partial charge >= 0.3 is 0 Å². The summed E-state index contributed by atoms with van der Waals surface area (Å²) < 4.78 is 5.71. The van der Waals surface area contributed by atoms with E-state index in [0.29, 0.717) is 13.0 Å². The minimum Gasteiger partial charge on any atom is -0.391 e. The molecule has 1 amide bonds. The summed E-state index contributed by atoms with van der Waals surface area (Å²) in [5.41, 5.74) is 0.434. The molecule has 2 heterocycles. The van der Waals surface area contributed by atoms with Gasteiger partial charge in [-0.25, -0.2) is 0 Å². The summed E-state index contributed by atoms with van der Waals surface area (Å²) in [6.07, 6.45) is -0.812. The van der Waals surface area contributed by atoms with Crippen LogP contribution in [0.3, 0.4) is 0 Å². The lowest BCUT2D eigenvalue weighted by Gasteiger charge is -2.44. The molecule has 0 spiro atoms. The van der Waals surface area contributed by atoms with Crippen LogP contribution < -0.4 is 5.32 Å². The number of carbonyl (C=O) groups is 1. The van der Waals surface area contributed by atoms with Crippen molar-refractivity contribution in [1.29, 1.82) is 0 Å². The molecule has 8 nitrogen and oxygen atoms in total. The molecule has 2 saturated heterocycles. The molecule has 9 heteroatoms. The Labute approximate surface area is 164 Å². The van der Waals surface area contributed by atoms with Gasteiger partial charge in [-0.15, -0.1) is 11.8 Å². The van der Waals surface area contributed by atoms with Crippen LogP contribution >= 0.6 is 11.8 Å². The van der Waals surface area contributed by atoms with E-state index in [1.165, 1.54) is 24.3 Å². The quantitative estimate of drug-likeness (QED) is 0.360. The third-order valence-electron chi connectivity index (χ3n) is 5.26. The van der Waals surface area contributed by atoms with Crippen LogP contribution in [-0.2, 0) is 9.53 Å². The van der Waals surface area contributed by atoms with Crippen molar-refractivity contribution in [3.05, 3.63) is 11.6 Å². The first-order chi connectivity index (χ1) is 12.7. The maximum atomic E-state index is 12.8. The fraction of sp³-hybridized carbons (Fsp3) is 0.833. The van der Waals surface area contributed by atoms with E-state index in [2.05, 4.69) is 11.4 Å². The van der Waals surface area contributed by atoms with E-state index >= 15 is 0 Å². The molecule has 0 saturated carbocycles. The van der Waals surface area contributed by atoms with Gasteiger partial charge < -0.3 is 30.5 Å². The second kappa shape index (κ2) is 9.69. The monoisotopic (exact) mass is 404 g/mol. The topological polar surface area (TPSA) is 122 Å². The highest BCUT2D eigenvalue weighted by molar-refractivity contribution is 7.99. The van der Waals surface area contributed by atoms with Crippen molar-refractivity contribution in [2.75, 3.05) is 19.8 Å². The minimum atomic E-state index is -1.43. The van der Waals surface area contributed by atoms with Gasteiger partial charge in [-0.3, -0.25) is 9.69 Å². The lowest BCUT2D eigenvalue weighted by molar-refractivity contribution is -0.211. The lowest BCUT2D eigenvalue weighted by Crippen LogP contribution is -2.65. The van der Waals surface area contributed by atoms with Crippen LogP contribution in [0, 0.1) is 0 Å². The van der Waals surface area contributed by atoms with Crippen LogP contribution in [0.25, 0.3) is 0 Å². The lowest BCUT2D eigenvalue weighted by atomic mass is 9.92. The maximum Gasteiger partial charge on any atom is 0.238 e. The van der Waals surface area contributed by atoms with Gasteiger partial charge in [-0.05, 0) is 33.1 Å². The van der Waals surface area contributed by atoms with Crippen molar-refractivity contribution in [1.82, 2.24) is 10.2 Å². The summed E-state index contributed by atoms with van der Waals surface area (Å²) in [6.45, 7) is 4.26. The number of hydrogen-bond acceptors (Lipinski definition) is 8. The third kappa shape index (κ3) is 5.03. The number of allylic oxidation sites excluding steroid dienone is 1. The van der Waals surface area contributed by atoms with Crippen molar-refractivity contribution >= 4 is 17.7 Å². The Hall–Kier alpha value is -0.680. The zero-order chi connectivity index (χ0) is 20.3. The fourth-order valence-electron chi connectivity index (χ4n) is 3.73. The third-order valence-corrected chi connectivity index (χ3v) is 6.11. The summed E-state index contributed by atoms with van der Waals surface area (Å²) >= 11 is 1.19. The van der Waals surface area contributed by atoms with Gasteiger partial charge in [0.2, 0.25) is 5.91 Å². The van der Waals surface area contributed by atoms with Crippen LogP contribution in [0.2, 0.25) is 0 Å². The second-order valence-electron chi connectivity index (χ2n) is 7.36. The molecule has 5 N–H and O–H groups in total. The van der Waals surface area contributed by atoms with Gasteiger partial charge in [0.25, 0.3) is 0 Å². The van der Waals surface area contributed by atoms with Crippen molar-refractivity contribution < 1.29 is 30.0 Å². The SMILES string of the molecule is CC/C=C1\C[C@@H](C(=O)N[C@@H](C2O[C@H](SC)[C@@H](O)C(O)[C@H]2O)[C@@H](C)O)N(C)C1. The zero-order valence-corrected chi connectivity index (χ0v) is 17.1. The summed E-state index contributed by atoms with van der Waals surface area (Å²) in [4.78, 5) is 14.8. The molecule has 2 rings (SSSR count). The van der Waals surface area contributed by atoms with Gasteiger partial charge in [0.1, 0.15) is 29.9 Å². The number of likely N-dealkylation sites (tertiary alicyclic amines) is 1. The van der Waals surface area contributed by atoms with Crippen LogP contribution in [0.5, 0.6) is 0 Å². The molecule has 0 radical (unpaired) electrons. The van der Waals surface area contributed by atoms with E-state index in [-0.39, 0.29) is 11.9 Å². The average molecular weight is 405 g/mol. The Bertz CT molecular complexity index is 544. The molecule has 2 fully saturated rings. The minimum absolute atomic E-state index is 0.264. The number of nitrogens with one attached hydrogen (secondary N) is 1. The Balaban J connectivity index is 2.13. The number of aliphatic hydroxyl groups excluding tert-OH is 4. The van der Waals surface area contributed by atoms with Crippen molar-refractivity contribution in [3.63, 3.8) is 0 Å². The normalized spacial score (nSPS) is 38.7. The molecule has 0 aromatic carbocycles. The number of nitrogens with zero attached hydrogens (tertiary/aromatic N) is 1. The van der Waals surface area contributed by atoms with Crippen molar-refractivity contribution in [3.8, 4) is 0 Å². The van der Waals surface area contributed by atoms with Gasteiger partial charge in [-0.2, -0.15) is 0 Å². The molecule has 2 aliphatic rings. The van der Waals surface area contributed by atoms with E-state index in [9.17, 15) is 25.2 Å². The molecule has 27 heavy (non-hydrogen) atoms. The molecule has 2 aliphatic heterocycles. The number of aliphatic hydroxyl groups is 4. The Morgan fingerprint density at radius 2 is 2.04 bits per heavy atom. The van der Waals surface area contributed by atoms with E-state index in [1.807, 2.05) is 18.9 Å². The van der Waals surface area contributed by atoms with Crippen LogP contribution in [0.1, 0.15) is 26.7 Å². The predicted molar refractivity (Wildman–Crippen MR) is 103 cm³/mol. The van der Waals surface area contributed by atoms with E-state index < -0.39 is 42.0 Å². The number of ether oxygens (including phenoxy) is 1. The molecule has 156 valence electrons. The number of thioether (sulfide) groups is 1. The largest absolute Gasteiger partial charge is 0.391 e. The summed E-state index contributed by atoms with van der Waals surface area (Å²) in [6, 6.07) is -1.28. The zero-order valence-electron chi connectivity index (χ0n) is 16.3. The summed E-state index contributed by atoms with van der Waals surface area (Å²) in [5, 5.41) is 43.5. The molecule has 2 unspecified atom stereocenters. The molecule has 0 aromatic rings. The predicted octanol–water partition coefficient (Wildman–Crippen LogP) is -0.937. The molecule has 8 atom stereocenters. The van der Waals surface area contributed by atoms with Gasteiger partial charge in [0.05, 0.1) is 18.2 Å². The first-order valence-electron chi connectivity index (χ1n) is 9.30. The second-order valence-corrected chi connectivity index (χ2v) is 8.29. The molecule has 0 aromatic heterocycles. The highest BCUT2D eigenvalue weighted by atomic mass is 32.2. The number of rotatable bonds is 6. The number of amides is 1. The number of hydrogen-bond donors (Lipinski definition) is 5. The fourth-order valence-corrected chi connectivity index (χ4v) is 4.41. The summed E-state index contributed by atoms with van der Waals surface area (Å²) in [7, 11) is 1.87. The highest BCUT2D eigenvalue weighted by Crippen LogP contribution is 2.30. The molecule has 0 aliphatic carbocycles. The van der Waals surface area contributed by atoms with Crippen molar-refractivity contribution in [2.45, 2.75) is 74.7 Å². The van der Waals surface area contributed by atoms with Gasteiger partial charge in [0.15, 0.2) is 0 Å². The number of likely N-dealkylation sites (N-methyl/N-ethyl adjacent to an activating group) is 1. The Kier molecular flexibility index (Phi) is 8.11. The van der Waals surface area contributed by atoms with Gasteiger partial charge in [0, 0.05) is 6.54 Å². The maximum absolute atomic E-state index is 12.8. The van der Waals surface area contributed by atoms with E-state index in [0.717, 1.165) is 6.42 Å². The Morgan fingerprint density at radius 3 is 2.59 bits per heavy atom. The standard InChI is InChI=1S/C18H32N2O6S/c1-5-6-10-7-11(20(3)8-10)17(25)19-12(9(2)21)16-14(23)13(22)15(24)18(26-16)27-4/h6,9,11-16,18,21-24H,5,7-8H2,1-4H3,(H,19,25)/b10-6+/t9-,11+,12-,13?,14-,15+,16?,18-/m1/s1. The van der Waals surface area contributed by atoms with Crippen molar-refractivity contribution in [2.24, 2.45) is 0 Å². The summed E-state index contributed by atoms with van der Waals surface area (Å²) in [5.74, 6) is -0.264. The molecular weight excluding hydrogens is 372 g/mol. The average Bonchev–Trinajstić information content (AvgIpc) is 2.99. The van der Waals surface area contributed by atoms with Gasteiger partial charge in [-0.1, -0.05) is 18.6 Å². The first kappa shape index (κ1) is 22.6. The Morgan fingerprint density at radius 1 is 1.37 bits per heavy atom. The van der Waals surface area contributed by atoms with Crippen LogP contribution in [0.4, 0.5) is 0 Å². The van der Waals surface area contributed by atoms with Crippen LogP contribution in [-0.4, -0.2) is 99.1 Å². The molecule has 0 bridgehead atoms. The first-order valence-corrected chi connectivity index (χ1v) is 10.6. The van der Waals surface area contributed by atoms with Crippen LogP contribution in [0.15, 0.2) is 11.6 Å².